The zero-order valence-corrected chi connectivity index (χ0v) is 5.95. The van der Waals surface area contributed by atoms with Crippen molar-refractivity contribution in [1.29, 1.82) is 0 Å². The Labute approximate surface area is 54.5 Å². The highest BCUT2D eigenvalue weighted by atomic mass is 32.2. The Kier molecular flexibility index (Phi) is 5.59. The van der Waals surface area contributed by atoms with Crippen molar-refractivity contribution in [3.05, 3.63) is 0 Å². The van der Waals surface area contributed by atoms with Crippen LogP contribution in [0.25, 0.3) is 0 Å². The molecule has 1 unspecified atom stereocenters. The third-order valence-corrected chi connectivity index (χ3v) is 2.01. The van der Waals surface area contributed by atoms with Crippen molar-refractivity contribution >= 4 is 11.8 Å². The maximum Gasteiger partial charge on any atom is 0.0521 e. The van der Waals surface area contributed by atoms with Gasteiger partial charge >= 0.3 is 0 Å². The number of rotatable bonds is 4. The zero-order chi connectivity index (χ0) is 6.41. The lowest BCUT2D eigenvalue weighted by molar-refractivity contribution is 0.322. The van der Waals surface area contributed by atoms with Gasteiger partial charge in [-0.3, -0.25) is 0 Å². The molecule has 0 saturated carbocycles. The van der Waals surface area contributed by atoms with E-state index in [2.05, 4.69) is 6.92 Å². The van der Waals surface area contributed by atoms with Crippen LogP contribution in [0.2, 0.25) is 0 Å². The van der Waals surface area contributed by atoms with Crippen LogP contribution in [0.5, 0.6) is 0 Å². The molecule has 0 radical (unpaired) electrons. The predicted octanol–water partition coefficient (Wildman–Crippen LogP) is 0.0591. The zero-order valence-electron chi connectivity index (χ0n) is 5.13. The molecule has 0 fully saturated rings. The number of thioether (sulfide) groups is 1. The summed E-state index contributed by atoms with van der Waals surface area (Å²) in [5.41, 5.74) is 5.31. The Bertz CT molecular complexity index is 51.7. The van der Waals surface area contributed by atoms with Gasteiger partial charge in [-0.2, -0.15) is 11.8 Å². The van der Waals surface area contributed by atoms with Crippen LogP contribution in [0.15, 0.2) is 0 Å². The van der Waals surface area contributed by atoms with Gasteiger partial charge in [0.2, 0.25) is 0 Å². The number of nitrogens with two attached hydrogens (primary N) is 1. The Balaban J connectivity index is 2.86. The van der Waals surface area contributed by atoms with Crippen LogP contribution in [-0.2, 0) is 0 Å². The van der Waals surface area contributed by atoms with E-state index in [-0.39, 0.29) is 6.61 Å². The predicted molar refractivity (Wildman–Crippen MR) is 38.1 cm³/mol. The molecule has 0 aliphatic heterocycles. The van der Waals surface area contributed by atoms with E-state index in [1.807, 2.05) is 0 Å². The molecule has 50 valence electrons. The van der Waals surface area contributed by atoms with Crippen LogP contribution in [-0.4, -0.2) is 29.3 Å². The summed E-state index contributed by atoms with van der Waals surface area (Å²) in [5.74, 6) is 0.804. The summed E-state index contributed by atoms with van der Waals surface area (Å²) in [6.45, 7) is 3.01. The lowest BCUT2D eigenvalue weighted by atomic mass is 10.5. The maximum atomic E-state index is 8.35. The van der Waals surface area contributed by atoms with E-state index in [0.29, 0.717) is 11.8 Å². The third-order valence-electron chi connectivity index (χ3n) is 0.826. The van der Waals surface area contributed by atoms with Crippen molar-refractivity contribution in [2.24, 2.45) is 5.73 Å². The quantitative estimate of drug-likeness (QED) is 0.573. The molecule has 2 nitrogen and oxygen atoms in total. The van der Waals surface area contributed by atoms with Gasteiger partial charge in [-0.15, -0.1) is 0 Å². The molecule has 0 bridgehead atoms. The van der Waals surface area contributed by atoms with Crippen LogP contribution in [0.4, 0.5) is 0 Å². The van der Waals surface area contributed by atoms with E-state index in [4.69, 9.17) is 10.8 Å². The second-order valence-corrected chi connectivity index (χ2v) is 3.19. The average Bonchev–Trinajstić information content (AvgIpc) is 1.83. The summed E-state index contributed by atoms with van der Waals surface area (Å²) in [6, 6.07) is 0. The molecule has 0 saturated heterocycles. The second kappa shape index (κ2) is 5.41. The van der Waals surface area contributed by atoms with E-state index in [1.54, 1.807) is 11.8 Å². The van der Waals surface area contributed by atoms with Crippen LogP contribution >= 0.6 is 11.8 Å². The summed E-state index contributed by atoms with van der Waals surface area (Å²) in [6.07, 6.45) is 0. The highest BCUT2D eigenvalue weighted by Gasteiger charge is 1.95. The summed E-state index contributed by atoms with van der Waals surface area (Å²) in [4.78, 5) is 0. The van der Waals surface area contributed by atoms with Gasteiger partial charge in [-0.1, -0.05) is 6.92 Å². The molecule has 0 aliphatic carbocycles. The fourth-order valence-corrected chi connectivity index (χ4v) is 0.966. The standard InChI is InChI=1S/C5H13NOS/c1-5(4-6)8-3-2-7/h5,7H,2-4,6H2,1H3. The van der Waals surface area contributed by atoms with Gasteiger partial charge in [0.1, 0.15) is 0 Å². The van der Waals surface area contributed by atoms with Gasteiger partial charge in [-0.05, 0) is 0 Å². The van der Waals surface area contributed by atoms with E-state index in [0.717, 1.165) is 5.75 Å². The van der Waals surface area contributed by atoms with Crippen LogP contribution in [0, 0.1) is 0 Å². The van der Waals surface area contributed by atoms with Gasteiger partial charge in [0.05, 0.1) is 6.61 Å². The Morgan fingerprint density at radius 1 is 1.75 bits per heavy atom. The van der Waals surface area contributed by atoms with Crippen molar-refractivity contribution in [2.45, 2.75) is 12.2 Å². The fraction of sp³-hybridized carbons (Fsp3) is 1.00. The van der Waals surface area contributed by atoms with Crippen LogP contribution < -0.4 is 5.73 Å². The molecule has 0 heterocycles. The number of hydrogen-bond acceptors (Lipinski definition) is 3. The first kappa shape index (κ1) is 8.27. The van der Waals surface area contributed by atoms with Crippen molar-refractivity contribution in [1.82, 2.24) is 0 Å². The normalized spacial score (nSPS) is 13.9. The topological polar surface area (TPSA) is 46.2 Å². The molecule has 0 rings (SSSR count). The monoisotopic (exact) mass is 135 g/mol. The summed E-state index contributed by atoms with van der Waals surface area (Å²) < 4.78 is 0. The molecule has 0 aromatic rings. The minimum absolute atomic E-state index is 0.259. The number of hydrogen-bond donors (Lipinski definition) is 2. The first-order valence-corrected chi connectivity index (χ1v) is 3.78. The van der Waals surface area contributed by atoms with Gasteiger partial charge in [-0.25, -0.2) is 0 Å². The summed E-state index contributed by atoms with van der Waals surface area (Å²) >= 11 is 1.70. The molecular weight excluding hydrogens is 122 g/mol. The average molecular weight is 135 g/mol. The maximum absolute atomic E-state index is 8.35. The molecular formula is C5H13NOS. The fourth-order valence-electron chi connectivity index (χ4n) is 0.322. The lowest BCUT2D eigenvalue weighted by Crippen LogP contribution is -2.13. The molecule has 3 heteroatoms. The first-order valence-electron chi connectivity index (χ1n) is 2.73. The van der Waals surface area contributed by atoms with E-state index in [9.17, 15) is 0 Å². The molecule has 0 aromatic heterocycles. The minimum atomic E-state index is 0.259. The largest absolute Gasteiger partial charge is 0.396 e. The molecule has 8 heavy (non-hydrogen) atoms. The van der Waals surface area contributed by atoms with E-state index in [1.165, 1.54) is 0 Å². The van der Waals surface area contributed by atoms with Gasteiger partial charge < -0.3 is 10.8 Å². The number of aliphatic hydroxyl groups excluding tert-OH is 1. The van der Waals surface area contributed by atoms with Crippen LogP contribution in [0.1, 0.15) is 6.92 Å². The summed E-state index contributed by atoms with van der Waals surface area (Å²) in [7, 11) is 0. The van der Waals surface area contributed by atoms with Crippen molar-refractivity contribution in [2.75, 3.05) is 18.9 Å². The highest BCUT2D eigenvalue weighted by molar-refractivity contribution is 7.99. The van der Waals surface area contributed by atoms with Gasteiger partial charge in [0.15, 0.2) is 0 Å². The van der Waals surface area contributed by atoms with Crippen molar-refractivity contribution < 1.29 is 5.11 Å². The van der Waals surface area contributed by atoms with Gasteiger partial charge in [0.25, 0.3) is 0 Å². The second-order valence-electron chi connectivity index (χ2n) is 1.64. The minimum Gasteiger partial charge on any atom is -0.396 e. The van der Waals surface area contributed by atoms with Crippen molar-refractivity contribution in [3.8, 4) is 0 Å². The molecule has 0 amide bonds. The molecule has 1 atom stereocenters. The summed E-state index contributed by atoms with van der Waals surface area (Å²) in [5, 5.41) is 8.84. The highest BCUT2D eigenvalue weighted by Crippen LogP contribution is 2.06. The SMILES string of the molecule is CC(CN)SCCO. The van der Waals surface area contributed by atoms with Crippen LogP contribution in [0.3, 0.4) is 0 Å². The van der Waals surface area contributed by atoms with Gasteiger partial charge in [0, 0.05) is 17.5 Å². The molecule has 0 aromatic carbocycles. The van der Waals surface area contributed by atoms with E-state index < -0.39 is 0 Å². The molecule has 0 spiro atoms. The van der Waals surface area contributed by atoms with E-state index >= 15 is 0 Å². The smallest absolute Gasteiger partial charge is 0.0521 e. The lowest BCUT2D eigenvalue weighted by Gasteiger charge is -2.04. The Hall–Kier alpha value is 0.270. The Morgan fingerprint density at radius 3 is 2.75 bits per heavy atom. The molecule has 0 aliphatic rings. The third kappa shape index (κ3) is 4.43. The molecule has 3 N–H and O–H groups in total. The number of aliphatic hydroxyl groups is 1. The van der Waals surface area contributed by atoms with Crippen molar-refractivity contribution in [3.63, 3.8) is 0 Å². The first-order chi connectivity index (χ1) is 3.81. The Morgan fingerprint density at radius 2 is 2.38 bits per heavy atom.